The van der Waals surface area contributed by atoms with Gasteiger partial charge in [-0.2, -0.15) is 0 Å². The smallest absolute Gasteiger partial charge is 0.261 e. The number of anilines is 2. The molecule has 0 radical (unpaired) electrons. The van der Waals surface area contributed by atoms with Crippen molar-refractivity contribution in [2.45, 2.75) is 32.4 Å². The minimum Gasteiger partial charge on any atom is -0.496 e. The zero-order chi connectivity index (χ0) is 23.0. The number of carbonyl (C=O) groups is 2. The van der Waals surface area contributed by atoms with Crippen molar-refractivity contribution in [3.8, 4) is 5.75 Å². The summed E-state index contributed by atoms with van der Waals surface area (Å²) in [6.07, 6.45) is 2.45. The number of fused-ring (bicyclic) bond motifs is 1. The lowest BCUT2D eigenvalue weighted by Gasteiger charge is -2.46. The van der Waals surface area contributed by atoms with Gasteiger partial charge in [0.2, 0.25) is 0 Å². The Bertz CT molecular complexity index is 1190. The molecule has 0 spiro atoms. The van der Waals surface area contributed by atoms with Gasteiger partial charge in [0.1, 0.15) is 11.3 Å². The molecule has 9 nitrogen and oxygen atoms in total. The predicted molar refractivity (Wildman–Crippen MR) is 124 cm³/mol. The number of nitrogens with one attached hydrogen (secondary N) is 1. The molecule has 2 amide bonds. The molecule has 3 N–H and O–H groups in total. The zero-order valence-electron chi connectivity index (χ0n) is 18.3. The van der Waals surface area contributed by atoms with Crippen LogP contribution in [0.5, 0.6) is 5.75 Å². The maximum Gasteiger partial charge on any atom is 0.261 e. The summed E-state index contributed by atoms with van der Waals surface area (Å²) in [7, 11) is 3.20. The third-order valence-electron chi connectivity index (χ3n) is 5.57. The second-order valence-corrected chi connectivity index (χ2v) is 8.76. The number of thiazole rings is 1. The van der Waals surface area contributed by atoms with E-state index in [0.29, 0.717) is 39.9 Å². The van der Waals surface area contributed by atoms with Crippen molar-refractivity contribution in [1.29, 1.82) is 0 Å². The summed E-state index contributed by atoms with van der Waals surface area (Å²) < 4.78 is 11.5. The van der Waals surface area contributed by atoms with Gasteiger partial charge >= 0.3 is 0 Å². The zero-order valence-corrected chi connectivity index (χ0v) is 19.2. The molecule has 0 saturated carbocycles. The number of nitrogens with zero attached hydrogens (tertiary/aromatic N) is 3. The van der Waals surface area contributed by atoms with E-state index in [2.05, 4.69) is 22.1 Å². The van der Waals surface area contributed by atoms with E-state index in [9.17, 15) is 9.59 Å². The standard InChI is InChI=1S/C22H25N5O4S/c1-11-7-14(20(23)28)16(9-24-11)25-21(29)18-17(31-4)6-5-15-19(18)32-22(26-15)27-12(2)8-13(27)10-30-3/h5-7,9,12-13H,8,10H2,1-4H3,(H2,23,28)(H,25,29). The molecule has 1 aliphatic rings. The molecule has 1 aromatic carbocycles. The van der Waals surface area contributed by atoms with E-state index in [1.165, 1.54) is 24.6 Å². The second-order valence-electron chi connectivity index (χ2n) is 7.78. The molecular weight excluding hydrogens is 430 g/mol. The van der Waals surface area contributed by atoms with Crippen molar-refractivity contribution in [3.05, 3.63) is 41.2 Å². The van der Waals surface area contributed by atoms with Crippen LogP contribution in [-0.4, -0.2) is 54.7 Å². The first-order valence-electron chi connectivity index (χ1n) is 10.2. The Balaban J connectivity index is 1.74. The van der Waals surface area contributed by atoms with E-state index in [1.807, 2.05) is 6.07 Å². The van der Waals surface area contributed by atoms with Crippen LogP contribution in [0, 0.1) is 6.92 Å². The first-order valence-corrected chi connectivity index (χ1v) is 11.0. The lowest BCUT2D eigenvalue weighted by atomic mass is 9.96. The quantitative estimate of drug-likeness (QED) is 0.562. The molecule has 32 heavy (non-hydrogen) atoms. The van der Waals surface area contributed by atoms with Gasteiger partial charge < -0.3 is 25.4 Å². The number of aromatic nitrogens is 2. The Morgan fingerprint density at radius 1 is 1.34 bits per heavy atom. The number of amides is 2. The van der Waals surface area contributed by atoms with Gasteiger partial charge in [0.15, 0.2) is 5.13 Å². The number of ether oxygens (including phenoxy) is 2. The Morgan fingerprint density at radius 3 is 2.78 bits per heavy atom. The molecule has 3 heterocycles. The Morgan fingerprint density at radius 2 is 2.12 bits per heavy atom. The molecule has 3 aromatic rings. The molecule has 2 unspecified atom stereocenters. The monoisotopic (exact) mass is 455 g/mol. The number of rotatable bonds is 7. The van der Waals surface area contributed by atoms with Crippen molar-refractivity contribution >= 4 is 44.2 Å². The van der Waals surface area contributed by atoms with Crippen molar-refractivity contribution in [3.63, 3.8) is 0 Å². The van der Waals surface area contributed by atoms with Gasteiger partial charge in [0.25, 0.3) is 11.8 Å². The van der Waals surface area contributed by atoms with Gasteiger partial charge in [-0.05, 0) is 38.5 Å². The largest absolute Gasteiger partial charge is 0.496 e. The highest BCUT2D eigenvalue weighted by Crippen LogP contribution is 2.41. The van der Waals surface area contributed by atoms with Gasteiger partial charge in [-0.1, -0.05) is 11.3 Å². The topological polar surface area (TPSA) is 120 Å². The minimum atomic E-state index is -0.646. The Labute approximate surface area is 189 Å². The van der Waals surface area contributed by atoms with Crippen molar-refractivity contribution in [2.75, 3.05) is 31.0 Å². The minimum absolute atomic E-state index is 0.193. The molecule has 2 atom stereocenters. The highest BCUT2D eigenvalue weighted by Gasteiger charge is 2.37. The summed E-state index contributed by atoms with van der Waals surface area (Å²) in [4.78, 5) is 36.3. The maximum atomic E-state index is 13.3. The summed E-state index contributed by atoms with van der Waals surface area (Å²) in [6, 6.07) is 5.69. The molecule has 1 aliphatic heterocycles. The predicted octanol–water partition coefficient (Wildman–Crippen LogP) is 2.97. The van der Waals surface area contributed by atoms with E-state index < -0.39 is 11.8 Å². The molecule has 168 valence electrons. The molecule has 4 rings (SSSR count). The van der Waals surface area contributed by atoms with Crippen molar-refractivity contribution in [1.82, 2.24) is 9.97 Å². The number of nitrogens with two attached hydrogens (primary N) is 1. The molecule has 10 heteroatoms. The Kier molecular flexibility index (Phi) is 5.98. The average Bonchev–Trinajstić information content (AvgIpc) is 3.16. The molecule has 1 saturated heterocycles. The van der Waals surface area contributed by atoms with Crippen molar-refractivity contribution in [2.24, 2.45) is 5.73 Å². The number of pyridine rings is 1. The highest BCUT2D eigenvalue weighted by atomic mass is 32.1. The van der Waals surface area contributed by atoms with Crippen LogP contribution in [0.15, 0.2) is 24.4 Å². The maximum absolute atomic E-state index is 13.3. The molecular formula is C22H25N5O4S. The number of benzene rings is 1. The Hall–Kier alpha value is -3.24. The number of hydrogen-bond donors (Lipinski definition) is 2. The number of methoxy groups -OCH3 is 2. The molecule has 2 aromatic heterocycles. The van der Waals surface area contributed by atoms with E-state index in [0.717, 1.165) is 11.6 Å². The van der Waals surface area contributed by atoms with Gasteiger partial charge in [-0.15, -0.1) is 0 Å². The number of hydrogen-bond acceptors (Lipinski definition) is 8. The number of aryl methyl sites for hydroxylation is 1. The lowest BCUT2D eigenvalue weighted by Crippen LogP contribution is -2.56. The molecule has 1 fully saturated rings. The van der Waals surface area contributed by atoms with Crippen LogP contribution < -0.4 is 20.7 Å². The summed E-state index contributed by atoms with van der Waals surface area (Å²) in [6.45, 7) is 4.50. The molecule has 0 aliphatic carbocycles. The third kappa shape index (κ3) is 3.87. The van der Waals surface area contributed by atoms with Crippen LogP contribution in [0.25, 0.3) is 10.2 Å². The fourth-order valence-electron chi connectivity index (χ4n) is 4.03. The van der Waals surface area contributed by atoms with Crippen LogP contribution in [0.1, 0.15) is 39.8 Å². The van der Waals surface area contributed by atoms with E-state index in [4.69, 9.17) is 20.2 Å². The fourth-order valence-corrected chi connectivity index (χ4v) is 5.31. The normalized spacial score (nSPS) is 17.8. The van der Waals surface area contributed by atoms with Crippen LogP contribution in [0.4, 0.5) is 10.8 Å². The highest BCUT2D eigenvalue weighted by molar-refractivity contribution is 7.22. The first-order chi connectivity index (χ1) is 15.3. The number of primary amides is 1. The number of carbonyl (C=O) groups excluding carboxylic acids is 2. The van der Waals surface area contributed by atoms with Gasteiger partial charge in [0.05, 0.1) is 47.4 Å². The summed E-state index contributed by atoms with van der Waals surface area (Å²) in [5.41, 5.74) is 7.59. The first kappa shape index (κ1) is 22.0. The summed E-state index contributed by atoms with van der Waals surface area (Å²) >= 11 is 1.43. The molecule has 0 bridgehead atoms. The third-order valence-corrected chi connectivity index (χ3v) is 6.67. The van der Waals surface area contributed by atoms with E-state index >= 15 is 0 Å². The summed E-state index contributed by atoms with van der Waals surface area (Å²) in [5, 5.41) is 3.60. The lowest BCUT2D eigenvalue weighted by molar-refractivity contribution is 0.100. The van der Waals surface area contributed by atoms with Gasteiger partial charge in [0, 0.05) is 18.8 Å². The van der Waals surface area contributed by atoms with Crippen LogP contribution in [0.2, 0.25) is 0 Å². The van der Waals surface area contributed by atoms with E-state index in [1.54, 1.807) is 26.2 Å². The van der Waals surface area contributed by atoms with Gasteiger partial charge in [-0.25, -0.2) is 4.98 Å². The average molecular weight is 456 g/mol. The van der Waals surface area contributed by atoms with Crippen LogP contribution in [-0.2, 0) is 4.74 Å². The second kappa shape index (κ2) is 8.71. The van der Waals surface area contributed by atoms with E-state index in [-0.39, 0.29) is 17.3 Å². The van der Waals surface area contributed by atoms with Crippen molar-refractivity contribution < 1.29 is 19.1 Å². The van der Waals surface area contributed by atoms with Gasteiger partial charge in [-0.3, -0.25) is 14.6 Å². The summed E-state index contributed by atoms with van der Waals surface area (Å²) in [5.74, 6) is -0.663. The fraction of sp³-hybridized carbons (Fsp3) is 0.364. The SMILES string of the molecule is COCC1CC(C)N1c1nc2ccc(OC)c(C(=O)Nc3cnc(C)cc3C(N)=O)c2s1. The van der Waals surface area contributed by atoms with Crippen LogP contribution >= 0.6 is 11.3 Å². The van der Waals surface area contributed by atoms with Crippen LogP contribution in [0.3, 0.4) is 0 Å².